The van der Waals surface area contributed by atoms with Gasteiger partial charge in [-0.2, -0.15) is 0 Å². The van der Waals surface area contributed by atoms with Crippen LogP contribution in [-0.2, 0) is 4.79 Å². The van der Waals surface area contributed by atoms with E-state index in [1.54, 1.807) is 0 Å². The Balaban J connectivity index is 4.12. The molecule has 1 nitrogen and oxygen atoms in total. The Labute approximate surface area is 63.5 Å². The lowest BCUT2D eigenvalue weighted by Crippen LogP contribution is -2.14. The summed E-state index contributed by atoms with van der Waals surface area (Å²) in [4.78, 5) is 10.4. The van der Waals surface area contributed by atoms with Crippen molar-refractivity contribution < 1.29 is 4.79 Å². The first-order valence-electron chi connectivity index (χ1n) is 3.36. The number of hydrogen-bond acceptors (Lipinski definition) is 1. The number of ketones is 1. The van der Waals surface area contributed by atoms with E-state index in [4.69, 9.17) is 0 Å². The van der Waals surface area contributed by atoms with Crippen LogP contribution in [0.3, 0.4) is 0 Å². The molecule has 0 rings (SSSR count). The summed E-state index contributed by atoms with van der Waals surface area (Å²) in [7, 11) is -1.14. The number of carbonyl (C=O) groups excluding carboxylic acids is 1. The zero-order valence-corrected chi connectivity index (χ0v) is 8.06. The zero-order valence-electron chi connectivity index (χ0n) is 7.06. The van der Waals surface area contributed by atoms with Crippen LogP contribution in [-0.4, -0.2) is 13.9 Å². The van der Waals surface area contributed by atoms with E-state index in [1.165, 1.54) is 13.0 Å². The third-order valence-corrected chi connectivity index (χ3v) is 1.84. The van der Waals surface area contributed by atoms with Crippen molar-refractivity contribution in [2.24, 2.45) is 0 Å². The van der Waals surface area contributed by atoms with Crippen LogP contribution in [0.4, 0.5) is 0 Å². The average molecular weight is 154 g/mol. The molecule has 0 aromatic heterocycles. The van der Waals surface area contributed by atoms with Crippen molar-refractivity contribution in [3.05, 3.63) is 17.5 Å². The maximum atomic E-state index is 10.4. The molecule has 2 heteroatoms. The number of carbonyl (C=O) groups is 1. The van der Waals surface area contributed by atoms with Crippen molar-refractivity contribution in [1.29, 1.82) is 0 Å². The molecular weight excluding hydrogens is 140 g/mol. The van der Waals surface area contributed by atoms with Crippen LogP contribution in [0.1, 0.15) is 6.92 Å². The molecule has 0 radical (unpaired) electrons. The van der Waals surface area contributed by atoms with Gasteiger partial charge in [0.05, 0.1) is 8.07 Å². The standard InChI is InChI=1S/C8H14OSi/c1-8(9)6-5-7-10(2,3)4/h6-7H,1-4H3. The Morgan fingerprint density at radius 3 is 2.20 bits per heavy atom. The molecule has 0 aliphatic carbocycles. The first-order valence-corrected chi connectivity index (χ1v) is 6.94. The lowest BCUT2D eigenvalue weighted by Gasteiger charge is -2.04. The van der Waals surface area contributed by atoms with Crippen LogP contribution in [0.15, 0.2) is 17.5 Å². The van der Waals surface area contributed by atoms with E-state index in [9.17, 15) is 4.79 Å². The quantitative estimate of drug-likeness (QED) is 0.338. The van der Waals surface area contributed by atoms with E-state index in [0.29, 0.717) is 0 Å². The Morgan fingerprint density at radius 1 is 1.40 bits per heavy atom. The molecule has 0 spiro atoms. The largest absolute Gasteiger partial charge is 0.294 e. The van der Waals surface area contributed by atoms with Crippen LogP contribution >= 0.6 is 0 Å². The Hall–Kier alpha value is -0.593. The van der Waals surface area contributed by atoms with Gasteiger partial charge in [0.2, 0.25) is 0 Å². The molecule has 56 valence electrons. The summed E-state index contributed by atoms with van der Waals surface area (Å²) in [5, 5.41) is 0. The highest BCUT2D eigenvalue weighted by atomic mass is 28.3. The number of allylic oxidation sites excluding steroid dienone is 1. The van der Waals surface area contributed by atoms with E-state index >= 15 is 0 Å². The monoisotopic (exact) mass is 154 g/mol. The summed E-state index contributed by atoms with van der Waals surface area (Å²) in [5.74, 6) is 0.0644. The fourth-order valence-electron chi connectivity index (χ4n) is 0.409. The smallest absolute Gasteiger partial charge is 0.160 e. The van der Waals surface area contributed by atoms with E-state index in [0.717, 1.165) is 0 Å². The zero-order chi connectivity index (χ0) is 8.20. The van der Waals surface area contributed by atoms with E-state index in [1.807, 2.05) is 5.70 Å². The maximum Gasteiger partial charge on any atom is 0.160 e. The van der Waals surface area contributed by atoms with Crippen LogP contribution < -0.4 is 0 Å². The van der Waals surface area contributed by atoms with Crippen molar-refractivity contribution in [2.75, 3.05) is 0 Å². The normalized spacial score (nSPS) is 10.0. The summed E-state index contributed by atoms with van der Waals surface area (Å²) in [6, 6.07) is 0. The van der Waals surface area contributed by atoms with Gasteiger partial charge < -0.3 is 0 Å². The highest BCUT2D eigenvalue weighted by Crippen LogP contribution is 1.99. The second-order valence-corrected chi connectivity index (χ2v) is 8.45. The molecule has 0 bridgehead atoms. The highest BCUT2D eigenvalue weighted by molar-refractivity contribution is 6.80. The predicted molar refractivity (Wildman–Crippen MR) is 46.7 cm³/mol. The van der Waals surface area contributed by atoms with Gasteiger partial charge in [-0.15, -0.1) is 5.73 Å². The van der Waals surface area contributed by atoms with Gasteiger partial charge in [-0.25, -0.2) is 0 Å². The molecule has 0 aliphatic rings. The average Bonchev–Trinajstić information content (AvgIpc) is 1.59. The van der Waals surface area contributed by atoms with E-state index < -0.39 is 8.07 Å². The molecule has 0 amide bonds. The van der Waals surface area contributed by atoms with Crippen LogP contribution in [0, 0.1) is 0 Å². The molecule has 0 N–H and O–H groups in total. The predicted octanol–water partition coefficient (Wildman–Crippen LogP) is 2.16. The molecule has 0 saturated carbocycles. The fourth-order valence-corrected chi connectivity index (χ4v) is 0.992. The van der Waals surface area contributed by atoms with Gasteiger partial charge in [0, 0.05) is 6.08 Å². The first-order chi connectivity index (χ1) is 4.42. The minimum absolute atomic E-state index is 0.0644. The van der Waals surface area contributed by atoms with Gasteiger partial charge in [-0.05, 0) is 6.92 Å². The maximum absolute atomic E-state index is 10.4. The van der Waals surface area contributed by atoms with Crippen LogP contribution in [0.25, 0.3) is 0 Å². The number of rotatable bonds is 2. The third kappa shape index (κ3) is 7.41. The molecule has 0 unspecified atom stereocenters. The molecule has 0 aliphatic heterocycles. The second kappa shape index (κ2) is 3.54. The second-order valence-electron chi connectivity index (χ2n) is 3.43. The van der Waals surface area contributed by atoms with Crippen molar-refractivity contribution in [3.63, 3.8) is 0 Å². The van der Waals surface area contributed by atoms with Crippen molar-refractivity contribution in [3.8, 4) is 0 Å². The topological polar surface area (TPSA) is 17.1 Å². The van der Waals surface area contributed by atoms with Crippen molar-refractivity contribution >= 4 is 13.9 Å². The summed E-state index contributed by atoms with van der Waals surface area (Å²) in [6.07, 6.45) is 1.48. The van der Waals surface area contributed by atoms with Gasteiger partial charge in [-0.1, -0.05) is 25.3 Å². The lowest BCUT2D eigenvalue weighted by atomic mass is 10.4. The fraction of sp³-hybridized carbons (Fsp3) is 0.500. The van der Waals surface area contributed by atoms with E-state index in [2.05, 4.69) is 25.4 Å². The Bertz CT molecular complexity index is 180. The van der Waals surface area contributed by atoms with Gasteiger partial charge in [0.1, 0.15) is 0 Å². The van der Waals surface area contributed by atoms with Crippen LogP contribution in [0.2, 0.25) is 19.6 Å². The van der Waals surface area contributed by atoms with Gasteiger partial charge in [0.15, 0.2) is 5.78 Å². The summed E-state index contributed by atoms with van der Waals surface area (Å²) in [5.41, 5.74) is 4.91. The minimum Gasteiger partial charge on any atom is -0.294 e. The van der Waals surface area contributed by atoms with Crippen molar-refractivity contribution in [2.45, 2.75) is 26.6 Å². The molecular formula is C8H14OSi. The molecule has 0 atom stereocenters. The van der Waals surface area contributed by atoms with Gasteiger partial charge >= 0.3 is 0 Å². The highest BCUT2D eigenvalue weighted by Gasteiger charge is 2.05. The molecule has 0 aromatic carbocycles. The van der Waals surface area contributed by atoms with E-state index in [-0.39, 0.29) is 5.78 Å². The van der Waals surface area contributed by atoms with Gasteiger partial charge in [0.25, 0.3) is 0 Å². The molecule has 0 saturated heterocycles. The van der Waals surface area contributed by atoms with Gasteiger partial charge in [-0.3, -0.25) is 4.79 Å². The lowest BCUT2D eigenvalue weighted by molar-refractivity contribution is -0.112. The number of hydrogen-bond donors (Lipinski definition) is 0. The Morgan fingerprint density at radius 2 is 1.90 bits per heavy atom. The molecule has 0 heterocycles. The minimum atomic E-state index is -1.14. The summed E-state index contributed by atoms with van der Waals surface area (Å²) >= 11 is 0. The molecule has 10 heavy (non-hydrogen) atoms. The molecule has 0 aromatic rings. The third-order valence-electron chi connectivity index (χ3n) is 0.803. The SMILES string of the molecule is CC(=O)C=C=C[Si](C)(C)C. The summed E-state index contributed by atoms with van der Waals surface area (Å²) in [6.45, 7) is 8.14. The Kier molecular flexibility index (Phi) is 3.33. The van der Waals surface area contributed by atoms with Crippen LogP contribution in [0.5, 0.6) is 0 Å². The molecule has 0 fully saturated rings. The van der Waals surface area contributed by atoms with Crippen molar-refractivity contribution in [1.82, 2.24) is 0 Å². The summed E-state index contributed by atoms with van der Waals surface area (Å²) < 4.78 is 0. The first kappa shape index (κ1) is 9.41.